The van der Waals surface area contributed by atoms with Crippen molar-refractivity contribution in [1.82, 2.24) is 5.32 Å². The number of hydrogen-bond acceptors (Lipinski definition) is 2. The van der Waals surface area contributed by atoms with E-state index in [0.29, 0.717) is 12.6 Å². The first-order chi connectivity index (χ1) is 9.97. The second kappa shape index (κ2) is 7.16. The summed E-state index contributed by atoms with van der Waals surface area (Å²) in [6, 6.07) is 5.81. The summed E-state index contributed by atoms with van der Waals surface area (Å²) < 4.78 is 43.7. The Bertz CT molecular complexity index is 447. The van der Waals surface area contributed by atoms with Gasteiger partial charge in [-0.2, -0.15) is 13.2 Å². The third-order valence-electron chi connectivity index (χ3n) is 3.92. The fourth-order valence-electron chi connectivity index (χ4n) is 2.87. The molecule has 21 heavy (non-hydrogen) atoms. The van der Waals surface area contributed by atoms with Crippen molar-refractivity contribution in [3.05, 3.63) is 29.8 Å². The molecular formula is C16H22F3NO. The van der Waals surface area contributed by atoms with Gasteiger partial charge >= 0.3 is 6.18 Å². The van der Waals surface area contributed by atoms with Crippen molar-refractivity contribution in [2.24, 2.45) is 5.92 Å². The van der Waals surface area contributed by atoms with Crippen LogP contribution < -0.4 is 10.1 Å². The molecule has 2 unspecified atom stereocenters. The molecule has 0 spiro atoms. The van der Waals surface area contributed by atoms with Gasteiger partial charge in [0, 0.05) is 12.6 Å². The van der Waals surface area contributed by atoms with E-state index in [4.69, 9.17) is 4.74 Å². The molecule has 118 valence electrons. The fourth-order valence-corrected chi connectivity index (χ4v) is 2.87. The normalized spacial score (nSPS) is 23.0. The average Bonchev–Trinajstić information content (AvgIpc) is 2.43. The molecule has 0 heterocycles. The Morgan fingerprint density at radius 3 is 2.71 bits per heavy atom. The summed E-state index contributed by atoms with van der Waals surface area (Å²) in [5.41, 5.74) is -0.712. The summed E-state index contributed by atoms with van der Waals surface area (Å²) >= 11 is 0. The van der Waals surface area contributed by atoms with E-state index in [1.807, 2.05) is 0 Å². The first-order valence-corrected chi connectivity index (χ1v) is 7.49. The lowest BCUT2D eigenvalue weighted by Crippen LogP contribution is -2.36. The second-order valence-electron chi connectivity index (χ2n) is 5.77. The van der Waals surface area contributed by atoms with Crippen molar-refractivity contribution in [2.75, 3.05) is 13.2 Å². The summed E-state index contributed by atoms with van der Waals surface area (Å²) in [5, 5.41) is 3.37. The molecule has 0 radical (unpaired) electrons. The minimum absolute atomic E-state index is 0.0937. The van der Waals surface area contributed by atoms with Crippen molar-refractivity contribution in [3.8, 4) is 5.75 Å². The maximum Gasteiger partial charge on any atom is 0.419 e. The number of ether oxygens (including phenoxy) is 1. The van der Waals surface area contributed by atoms with Crippen molar-refractivity contribution >= 4 is 0 Å². The minimum Gasteiger partial charge on any atom is -0.492 e. The lowest BCUT2D eigenvalue weighted by atomic mass is 9.87. The topological polar surface area (TPSA) is 21.3 Å². The Kier molecular flexibility index (Phi) is 5.51. The van der Waals surface area contributed by atoms with Gasteiger partial charge in [0.1, 0.15) is 12.4 Å². The average molecular weight is 301 g/mol. The van der Waals surface area contributed by atoms with Crippen molar-refractivity contribution in [1.29, 1.82) is 0 Å². The molecule has 0 amide bonds. The minimum atomic E-state index is -4.37. The molecule has 0 saturated heterocycles. The quantitative estimate of drug-likeness (QED) is 0.821. The van der Waals surface area contributed by atoms with Gasteiger partial charge in [0.15, 0.2) is 0 Å². The molecule has 1 fully saturated rings. The van der Waals surface area contributed by atoms with Crippen molar-refractivity contribution in [2.45, 2.75) is 44.8 Å². The first-order valence-electron chi connectivity index (χ1n) is 7.49. The van der Waals surface area contributed by atoms with Crippen LogP contribution in [-0.4, -0.2) is 19.2 Å². The molecule has 5 heteroatoms. The Labute approximate surface area is 123 Å². The van der Waals surface area contributed by atoms with Gasteiger partial charge in [-0.25, -0.2) is 0 Å². The number of rotatable bonds is 5. The van der Waals surface area contributed by atoms with E-state index in [-0.39, 0.29) is 12.4 Å². The highest BCUT2D eigenvalue weighted by Crippen LogP contribution is 2.35. The van der Waals surface area contributed by atoms with Crippen LogP contribution in [-0.2, 0) is 6.18 Å². The molecule has 2 rings (SSSR count). The van der Waals surface area contributed by atoms with Crippen LogP contribution in [0.4, 0.5) is 13.2 Å². The van der Waals surface area contributed by atoms with Gasteiger partial charge in [-0.1, -0.05) is 31.9 Å². The summed E-state index contributed by atoms with van der Waals surface area (Å²) in [6.07, 6.45) is 0.398. The summed E-state index contributed by atoms with van der Waals surface area (Å²) in [4.78, 5) is 0. The van der Waals surface area contributed by atoms with E-state index in [0.717, 1.165) is 24.8 Å². The zero-order valence-corrected chi connectivity index (χ0v) is 12.2. The number of alkyl halides is 3. The summed E-state index contributed by atoms with van der Waals surface area (Å²) in [6.45, 7) is 3.06. The Balaban J connectivity index is 1.79. The third-order valence-corrected chi connectivity index (χ3v) is 3.92. The van der Waals surface area contributed by atoms with E-state index >= 15 is 0 Å². The molecule has 1 aromatic carbocycles. The highest BCUT2D eigenvalue weighted by molar-refractivity contribution is 5.35. The maximum atomic E-state index is 12.8. The molecule has 0 aromatic heterocycles. The molecule has 2 atom stereocenters. The Morgan fingerprint density at radius 2 is 2.00 bits per heavy atom. The number of halogens is 3. The largest absolute Gasteiger partial charge is 0.492 e. The Hall–Kier alpha value is -1.23. The molecule has 1 aromatic rings. The van der Waals surface area contributed by atoms with Gasteiger partial charge in [-0.15, -0.1) is 0 Å². The lowest BCUT2D eigenvalue weighted by molar-refractivity contribution is -0.138. The molecule has 2 nitrogen and oxygen atoms in total. The predicted molar refractivity (Wildman–Crippen MR) is 76.4 cm³/mol. The van der Waals surface area contributed by atoms with Gasteiger partial charge in [0.25, 0.3) is 0 Å². The second-order valence-corrected chi connectivity index (χ2v) is 5.77. The van der Waals surface area contributed by atoms with Crippen LogP contribution in [0.1, 0.15) is 38.2 Å². The monoisotopic (exact) mass is 301 g/mol. The van der Waals surface area contributed by atoms with Gasteiger partial charge in [-0.3, -0.25) is 0 Å². The first kappa shape index (κ1) is 16.1. The van der Waals surface area contributed by atoms with Crippen LogP contribution in [0.15, 0.2) is 24.3 Å². The third kappa shape index (κ3) is 4.92. The van der Waals surface area contributed by atoms with Crippen LogP contribution in [0.3, 0.4) is 0 Å². The van der Waals surface area contributed by atoms with Crippen molar-refractivity contribution in [3.63, 3.8) is 0 Å². The highest BCUT2D eigenvalue weighted by Gasteiger charge is 2.33. The zero-order chi connectivity index (χ0) is 15.3. The van der Waals surface area contributed by atoms with E-state index < -0.39 is 11.7 Å². The Morgan fingerprint density at radius 1 is 1.24 bits per heavy atom. The van der Waals surface area contributed by atoms with Crippen LogP contribution in [0.5, 0.6) is 5.75 Å². The predicted octanol–water partition coefficient (Wildman–Crippen LogP) is 4.25. The van der Waals surface area contributed by atoms with E-state index in [9.17, 15) is 13.2 Å². The number of benzene rings is 1. The number of hydrogen-bond donors (Lipinski definition) is 1. The van der Waals surface area contributed by atoms with Gasteiger partial charge in [-0.05, 0) is 30.9 Å². The van der Waals surface area contributed by atoms with Crippen LogP contribution in [0.2, 0.25) is 0 Å². The molecule has 0 aliphatic heterocycles. The molecule has 1 aliphatic carbocycles. The zero-order valence-electron chi connectivity index (χ0n) is 12.2. The molecule has 1 aliphatic rings. The van der Waals surface area contributed by atoms with Gasteiger partial charge in [0.2, 0.25) is 0 Å². The standard InChI is InChI=1S/C16H22F3NO/c1-12-5-4-6-13(11-12)20-9-10-21-15-8-3-2-7-14(15)16(17,18)19/h2-3,7-8,12-13,20H,4-6,9-11H2,1H3. The molecular weight excluding hydrogens is 279 g/mol. The maximum absolute atomic E-state index is 12.8. The van der Waals surface area contributed by atoms with Gasteiger partial charge in [0.05, 0.1) is 5.56 Å². The van der Waals surface area contributed by atoms with Crippen molar-refractivity contribution < 1.29 is 17.9 Å². The fraction of sp³-hybridized carbons (Fsp3) is 0.625. The number of nitrogens with one attached hydrogen (secondary N) is 1. The molecule has 1 N–H and O–H groups in total. The van der Waals surface area contributed by atoms with Crippen LogP contribution in [0, 0.1) is 5.92 Å². The van der Waals surface area contributed by atoms with E-state index in [1.165, 1.54) is 25.0 Å². The smallest absolute Gasteiger partial charge is 0.419 e. The SMILES string of the molecule is CC1CCCC(NCCOc2ccccc2C(F)(F)F)C1. The summed E-state index contributed by atoms with van der Waals surface area (Å²) in [7, 11) is 0. The molecule has 0 bridgehead atoms. The highest BCUT2D eigenvalue weighted by atomic mass is 19.4. The summed E-state index contributed by atoms with van der Waals surface area (Å²) in [5.74, 6) is 0.631. The lowest BCUT2D eigenvalue weighted by Gasteiger charge is -2.27. The van der Waals surface area contributed by atoms with Gasteiger partial charge < -0.3 is 10.1 Å². The van der Waals surface area contributed by atoms with Crippen LogP contribution in [0.25, 0.3) is 0 Å². The number of para-hydroxylation sites is 1. The van der Waals surface area contributed by atoms with E-state index in [2.05, 4.69) is 12.2 Å². The van der Waals surface area contributed by atoms with E-state index in [1.54, 1.807) is 6.07 Å². The molecule has 1 saturated carbocycles. The van der Waals surface area contributed by atoms with Crippen LogP contribution >= 0.6 is 0 Å².